The highest BCUT2D eigenvalue weighted by Crippen LogP contribution is 2.37. The number of ether oxygens (including phenoxy) is 1. The minimum Gasteiger partial charge on any atom is -0.406 e. The SMILES string of the molecule is CCc1c(-c2cccc(OC(F)(F)F)c2)c(C(N)=O)c(C)n1CC1CCCCC1. The molecule has 2 N–H and O–H groups in total. The third kappa shape index (κ3) is 4.77. The number of primary amides is 1. The Kier molecular flexibility index (Phi) is 6.24. The van der Waals surface area contributed by atoms with Gasteiger partial charge in [-0.2, -0.15) is 0 Å². The Morgan fingerprint density at radius 1 is 1.24 bits per heavy atom. The van der Waals surface area contributed by atoms with Gasteiger partial charge < -0.3 is 15.0 Å². The fourth-order valence-corrected chi connectivity index (χ4v) is 4.50. The lowest BCUT2D eigenvalue weighted by molar-refractivity contribution is -0.274. The van der Waals surface area contributed by atoms with Gasteiger partial charge in [0.2, 0.25) is 0 Å². The number of halogens is 3. The number of carbonyl (C=O) groups excluding carboxylic acids is 1. The fourth-order valence-electron chi connectivity index (χ4n) is 4.50. The first-order chi connectivity index (χ1) is 13.7. The van der Waals surface area contributed by atoms with Gasteiger partial charge in [0.1, 0.15) is 5.75 Å². The average Bonchev–Trinajstić information content (AvgIpc) is 2.93. The molecule has 1 aliphatic carbocycles. The summed E-state index contributed by atoms with van der Waals surface area (Å²) in [6, 6.07) is 5.75. The molecular formula is C22H27F3N2O2. The number of hydrogen-bond acceptors (Lipinski definition) is 2. The predicted molar refractivity (Wildman–Crippen MR) is 106 cm³/mol. The topological polar surface area (TPSA) is 57.2 Å². The van der Waals surface area contributed by atoms with Gasteiger partial charge in [0.15, 0.2) is 0 Å². The molecule has 3 rings (SSSR count). The largest absolute Gasteiger partial charge is 0.573 e. The number of nitrogens with zero attached hydrogens (tertiary/aromatic N) is 1. The van der Waals surface area contributed by atoms with Crippen molar-refractivity contribution < 1.29 is 22.7 Å². The zero-order valence-electron chi connectivity index (χ0n) is 16.8. The van der Waals surface area contributed by atoms with Gasteiger partial charge in [0.05, 0.1) is 5.56 Å². The maximum absolute atomic E-state index is 12.7. The molecule has 0 saturated heterocycles. The maximum Gasteiger partial charge on any atom is 0.573 e. The summed E-state index contributed by atoms with van der Waals surface area (Å²) in [7, 11) is 0. The van der Waals surface area contributed by atoms with Crippen LogP contribution in [0.25, 0.3) is 11.1 Å². The molecule has 1 amide bonds. The number of amides is 1. The molecule has 1 heterocycles. The Labute approximate surface area is 168 Å². The van der Waals surface area contributed by atoms with Crippen LogP contribution in [-0.4, -0.2) is 16.8 Å². The Morgan fingerprint density at radius 2 is 1.93 bits per heavy atom. The van der Waals surface area contributed by atoms with E-state index in [1.165, 1.54) is 37.5 Å². The van der Waals surface area contributed by atoms with Crippen molar-refractivity contribution in [1.29, 1.82) is 0 Å². The van der Waals surface area contributed by atoms with Crippen molar-refractivity contribution in [3.63, 3.8) is 0 Å². The Morgan fingerprint density at radius 3 is 2.52 bits per heavy atom. The summed E-state index contributed by atoms with van der Waals surface area (Å²) in [5, 5.41) is 0. The number of benzene rings is 1. The Bertz CT molecular complexity index is 881. The van der Waals surface area contributed by atoms with Gasteiger partial charge in [-0.05, 0) is 49.8 Å². The molecule has 4 nitrogen and oxygen atoms in total. The second-order valence-electron chi connectivity index (χ2n) is 7.69. The lowest BCUT2D eigenvalue weighted by atomic mass is 9.89. The number of nitrogens with two attached hydrogens (primary N) is 1. The summed E-state index contributed by atoms with van der Waals surface area (Å²) in [5.41, 5.74) is 8.89. The van der Waals surface area contributed by atoms with Crippen molar-refractivity contribution in [3.8, 4) is 16.9 Å². The van der Waals surface area contributed by atoms with E-state index in [4.69, 9.17) is 5.73 Å². The third-order valence-electron chi connectivity index (χ3n) is 5.73. The summed E-state index contributed by atoms with van der Waals surface area (Å²) in [6.45, 7) is 4.64. The van der Waals surface area contributed by atoms with E-state index in [9.17, 15) is 18.0 Å². The summed E-state index contributed by atoms with van der Waals surface area (Å²) in [4.78, 5) is 12.3. The minimum atomic E-state index is -4.78. The van der Waals surface area contributed by atoms with Crippen molar-refractivity contribution in [2.24, 2.45) is 11.7 Å². The zero-order chi connectivity index (χ0) is 21.2. The highest BCUT2D eigenvalue weighted by Gasteiger charge is 2.32. The smallest absolute Gasteiger partial charge is 0.406 e. The van der Waals surface area contributed by atoms with Crippen LogP contribution >= 0.6 is 0 Å². The van der Waals surface area contributed by atoms with E-state index in [0.717, 1.165) is 30.8 Å². The highest BCUT2D eigenvalue weighted by molar-refractivity contribution is 6.02. The molecule has 29 heavy (non-hydrogen) atoms. The monoisotopic (exact) mass is 408 g/mol. The number of aromatic nitrogens is 1. The second-order valence-corrected chi connectivity index (χ2v) is 7.69. The molecule has 0 atom stereocenters. The molecule has 1 aromatic carbocycles. The van der Waals surface area contributed by atoms with E-state index < -0.39 is 12.3 Å². The van der Waals surface area contributed by atoms with E-state index in [0.29, 0.717) is 29.0 Å². The van der Waals surface area contributed by atoms with Crippen LogP contribution in [0.2, 0.25) is 0 Å². The molecular weight excluding hydrogens is 381 g/mol. The lowest BCUT2D eigenvalue weighted by Crippen LogP contribution is -2.17. The van der Waals surface area contributed by atoms with Gasteiger partial charge in [0.25, 0.3) is 5.91 Å². The first kappa shape index (κ1) is 21.3. The van der Waals surface area contributed by atoms with Crippen LogP contribution < -0.4 is 10.5 Å². The highest BCUT2D eigenvalue weighted by atomic mass is 19.4. The van der Waals surface area contributed by atoms with E-state index in [1.54, 1.807) is 6.07 Å². The molecule has 1 aliphatic rings. The van der Waals surface area contributed by atoms with Crippen molar-refractivity contribution in [2.75, 3.05) is 0 Å². The standard InChI is InChI=1S/C22H27F3N2O2/c1-3-18-20(16-10-7-11-17(12-16)29-22(23,24)25)19(21(26)28)14(2)27(18)13-15-8-5-4-6-9-15/h7,10-12,15H,3-6,8-9,13H2,1-2H3,(H2,26,28). The van der Waals surface area contributed by atoms with Gasteiger partial charge >= 0.3 is 6.36 Å². The molecule has 0 aliphatic heterocycles. The van der Waals surface area contributed by atoms with Crippen LogP contribution in [-0.2, 0) is 13.0 Å². The first-order valence-corrected chi connectivity index (χ1v) is 10.1. The van der Waals surface area contributed by atoms with Crippen molar-refractivity contribution >= 4 is 5.91 Å². The molecule has 0 bridgehead atoms. The van der Waals surface area contributed by atoms with Crippen LogP contribution in [0.3, 0.4) is 0 Å². The Balaban J connectivity index is 2.09. The molecule has 7 heteroatoms. The Hall–Kier alpha value is -2.44. The summed E-state index contributed by atoms with van der Waals surface area (Å²) < 4.78 is 44.2. The van der Waals surface area contributed by atoms with Gasteiger partial charge in [-0.25, -0.2) is 0 Å². The number of hydrogen-bond donors (Lipinski definition) is 1. The van der Waals surface area contributed by atoms with E-state index in [2.05, 4.69) is 9.30 Å². The molecule has 0 unspecified atom stereocenters. The van der Waals surface area contributed by atoms with Crippen LogP contribution in [0, 0.1) is 12.8 Å². The van der Waals surface area contributed by atoms with Gasteiger partial charge in [-0.15, -0.1) is 13.2 Å². The van der Waals surface area contributed by atoms with Gasteiger partial charge in [-0.1, -0.05) is 38.3 Å². The minimum absolute atomic E-state index is 0.315. The average molecular weight is 408 g/mol. The van der Waals surface area contributed by atoms with Crippen molar-refractivity contribution in [2.45, 2.75) is 65.3 Å². The van der Waals surface area contributed by atoms with E-state index in [1.807, 2.05) is 13.8 Å². The molecule has 2 aromatic rings. The summed E-state index contributed by atoms with van der Waals surface area (Å²) >= 11 is 0. The van der Waals surface area contributed by atoms with Crippen LogP contribution in [0.15, 0.2) is 24.3 Å². The van der Waals surface area contributed by atoms with Crippen LogP contribution in [0.1, 0.15) is 60.8 Å². The van der Waals surface area contributed by atoms with Crippen LogP contribution in [0.5, 0.6) is 5.75 Å². The van der Waals surface area contributed by atoms with E-state index >= 15 is 0 Å². The van der Waals surface area contributed by atoms with Crippen molar-refractivity contribution in [3.05, 3.63) is 41.2 Å². The molecule has 1 saturated carbocycles. The predicted octanol–water partition coefficient (Wildman–Crippen LogP) is 5.60. The number of carbonyl (C=O) groups is 1. The quantitative estimate of drug-likeness (QED) is 0.676. The second kappa shape index (κ2) is 8.51. The number of rotatable bonds is 6. The molecule has 0 spiro atoms. The van der Waals surface area contributed by atoms with Gasteiger partial charge in [-0.3, -0.25) is 4.79 Å². The van der Waals surface area contributed by atoms with Crippen LogP contribution in [0.4, 0.5) is 13.2 Å². The number of alkyl halides is 3. The summed E-state index contributed by atoms with van der Waals surface area (Å²) in [6.07, 6.45) is 1.83. The van der Waals surface area contributed by atoms with Gasteiger partial charge in [0, 0.05) is 23.5 Å². The molecule has 0 radical (unpaired) electrons. The lowest BCUT2D eigenvalue weighted by Gasteiger charge is -2.24. The van der Waals surface area contributed by atoms with Crippen molar-refractivity contribution in [1.82, 2.24) is 4.57 Å². The summed E-state index contributed by atoms with van der Waals surface area (Å²) in [5.74, 6) is -0.351. The maximum atomic E-state index is 12.7. The zero-order valence-corrected chi connectivity index (χ0v) is 16.8. The molecule has 1 fully saturated rings. The third-order valence-corrected chi connectivity index (χ3v) is 5.73. The fraction of sp³-hybridized carbons (Fsp3) is 0.500. The first-order valence-electron chi connectivity index (χ1n) is 10.1. The van der Waals surface area contributed by atoms with E-state index in [-0.39, 0.29) is 5.75 Å². The molecule has 158 valence electrons. The normalized spacial score (nSPS) is 15.5. The molecule has 1 aromatic heterocycles.